The van der Waals surface area contributed by atoms with Crippen LogP contribution in [0.15, 0.2) is 12.1 Å². The molecule has 0 saturated carbocycles. The number of nitrogens with zero attached hydrogens (tertiary/aromatic N) is 2. The summed E-state index contributed by atoms with van der Waals surface area (Å²) in [5, 5.41) is -0.149. The Hall–Kier alpha value is -1.01. The van der Waals surface area contributed by atoms with Crippen molar-refractivity contribution in [1.29, 1.82) is 0 Å². The van der Waals surface area contributed by atoms with E-state index in [0.29, 0.717) is 19.7 Å². The molecule has 3 nitrogen and oxygen atoms in total. The Morgan fingerprint density at radius 2 is 2.21 bits per heavy atom. The van der Waals surface area contributed by atoms with Crippen LogP contribution < -0.4 is 4.90 Å². The number of morpholine rings is 1. The van der Waals surface area contributed by atoms with Crippen LogP contribution in [-0.4, -0.2) is 30.8 Å². The van der Waals surface area contributed by atoms with Crippen LogP contribution in [0.5, 0.6) is 0 Å². The zero-order valence-corrected chi connectivity index (χ0v) is 11.1. The number of hydrogen-bond donors (Lipinski definition) is 0. The summed E-state index contributed by atoms with van der Waals surface area (Å²) in [6.07, 6.45) is -3.59. The molecule has 1 aromatic heterocycles. The van der Waals surface area contributed by atoms with Crippen LogP contribution in [0.1, 0.15) is 18.9 Å². The van der Waals surface area contributed by atoms with E-state index in [0.717, 1.165) is 18.6 Å². The summed E-state index contributed by atoms with van der Waals surface area (Å²) in [7, 11) is 0. The molecule has 0 N–H and O–H groups in total. The molecule has 2 rings (SSSR count). The van der Waals surface area contributed by atoms with E-state index in [2.05, 4.69) is 4.98 Å². The quantitative estimate of drug-likeness (QED) is 0.782. The largest absolute Gasteiger partial charge is 0.416 e. The highest BCUT2D eigenvalue weighted by Crippen LogP contribution is 2.33. The van der Waals surface area contributed by atoms with Gasteiger partial charge >= 0.3 is 6.18 Å². The van der Waals surface area contributed by atoms with Gasteiger partial charge in [-0.25, -0.2) is 4.98 Å². The third kappa shape index (κ3) is 3.51. The molecule has 1 saturated heterocycles. The maximum atomic E-state index is 12.7. The number of aromatic nitrogens is 1. The van der Waals surface area contributed by atoms with Crippen LogP contribution in [0.4, 0.5) is 19.0 Å². The van der Waals surface area contributed by atoms with Crippen molar-refractivity contribution in [1.82, 2.24) is 4.98 Å². The fourth-order valence-electron chi connectivity index (χ4n) is 1.98. The highest BCUT2D eigenvalue weighted by Gasteiger charge is 2.32. The second-order valence-corrected chi connectivity index (χ2v) is 4.77. The van der Waals surface area contributed by atoms with Crippen molar-refractivity contribution in [3.8, 4) is 0 Å². The molecule has 1 aliphatic rings. The Bertz CT molecular complexity index is 453. The van der Waals surface area contributed by atoms with Gasteiger partial charge in [0.25, 0.3) is 0 Å². The normalized spacial score (nSPS) is 20.7. The van der Waals surface area contributed by atoms with E-state index in [1.165, 1.54) is 0 Å². The first-order valence-electron chi connectivity index (χ1n) is 6.01. The SMILES string of the molecule is CCC1CN(c2cc(C(F)(F)F)cc(Cl)n2)CCO1. The lowest BCUT2D eigenvalue weighted by atomic mass is 10.2. The van der Waals surface area contributed by atoms with Crippen LogP contribution >= 0.6 is 11.6 Å². The molecule has 0 spiro atoms. The maximum Gasteiger partial charge on any atom is 0.416 e. The van der Waals surface area contributed by atoms with Crippen molar-refractivity contribution in [2.45, 2.75) is 25.6 Å². The summed E-state index contributed by atoms with van der Waals surface area (Å²) in [6, 6.07) is 1.87. The number of alkyl halides is 3. The van der Waals surface area contributed by atoms with Gasteiger partial charge in [-0.15, -0.1) is 0 Å². The molecule has 2 heterocycles. The Balaban J connectivity index is 2.26. The van der Waals surface area contributed by atoms with E-state index >= 15 is 0 Å². The molecule has 7 heteroatoms. The molecule has 0 aromatic carbocycles. The molecular weight excluding hydrogens is 281 g/mol. The second-order valence-electron chi connectivity index (χ2n) is 4.38. The number of anilines is 1. The third-order valence-corrected chi connectivity index (χ3v) is 3.22. The van der Waals surface area contributed by atoms with Crippen molar-refractivity contribution in [3.05, 3.63) is 22.8 Å². The highest BCUT2D eigenvalue weighted by molar-refractivity contribution is 6.29. The van der Waals surface area contributed by atoms with Gasteiger partial charge in [-0.05, 0) is 18.6 Å². The average molecular weight is 295 g/mol. The molecule has 19 heavy (non-hydrogen) atoms. The summed E-state index contributed by atoms with van der Waals surface area (Å²) in [6.45, 7) is 3.50. The topological polar surface area (TPSA) is 25.4 Å². The van der Waals surface area contributed by atoms with Gasteiger partial charge in [-0.3, -0.25) is 0 Å². The van der Waals surface area contributed by atoms with E-state index in [-0.39, 0.29) is 17.1 Å². The average Bonchev–Trinajstić information content (AvgIpc) is 2.37. The molecule has 1 atom stereocenters. The van der Waals surface area contributed by atoms with Gasteiger partial charge in [-0.1, -0.05) is 18.5 Å². The van der Waals surface area contributed by atoms with Crippen LogP contribution in [0.2, 0.25) is 5.15 Å². The molecule has 1 aliphatic heterocycles. The smallest absolute Gasteiger partial charge is 0.375 e. The lowest BCUT2D eigenvalue weighted by Crippen LogP contribution is -2.42. The van der Waals surface area contributed by atoms with Gasteiger partial charge in [0.05, 0.1) is 18.3 Å². The van der Waals surface area contributed by atoms with Crippen molar-refractivity contribution in [3.63, 3.8) is 0 Å². The van der Waals surface area contributed by atoms with Gasteiger partial charge in [-0.2, -0.15) is 13.2 Å². The van der Waals surface area contributed by atoms with Gasteiger partial charge in [0.15, 0.2) is 0 Å². The minimum atomic E-state index is -4.42. The van der Waals surface area contributed by atoms with E-state index in [4.69, 9.17) is 16.3 Å². The third-order valence-electron chi connectivity index (χ3n) is 3.03. The molecule has 1 aromatic rings. The van der Waals surface area contributed by atoms with Crippen molar-refractivity contribution >= 4 is 17.4 Å². The highest BCUT2D eigenvalue weighted by atomic mass is 35.5. The van der Waals surface area contributed by atoms with E-state index in [1.807, 2.05) is 6.92 Å². The first-order valence-corrected chi connectivity index (χ1v) is 6.39. The monoisotopic (exact) mass is 294 g/mol. The van der Waals surface area contributed by atoms with E-state index < -0.39 is 11.7 Å². The van der Waals surface area contributed by atoms with Crippen LogP contribution in [-0.2, 0) is 10.9 Å². The number of pyridine rings is 1. The Morgan fingerprint density at radius 1 is 1.47 bits per heavy atom. The predicted molar refractivity (Wildman–Crippen MR) is 66.5 cm³/mol. The second kappa shape index (κ2) is 5.54. The minimum absolute atomic E-state index is 0.0175. The molecule has 0 bridgehead atoms. The first kappa shape index (κ1) is 14.4. The lowest BCUT2D eigenvalue weighted by molar-refractivity contribution is -0.137. The van der Waals surface area contributed by atoms with Gasteiger partial charge in [0.1, 0.15) is 11.0 Å². The molecule has 1 fully saturated rings. The fourth-order valence-corrected chi connectivity index (χ4v) is 2.19. The summed E-state index contributed by atoms with van der Waals surface area (Å²) in [5.74, 6) is 0.251. The van der Waals surface area contributed by atoms with Gasteiger partial charge < -0.3 is 9.64 Å². The molecule has 0 aliphatic carbocycles. The van der Waals surface area contributed by atoms with Crippen LogP contribution in [0, 0.1) is 0 Å². The van der Waals surface area contributed by atoms with Crippen molar-refractivity contribution in [2.75, 3.05) is 24.6 Å². The standard InChI is InChI=1S/C12H14ClF3N2O/c1-2-9-7-18(3-4-19-9)11-6-8(12(14,15)16)5-10(13)17-11/h5-6,9H,2-4,7H2,1H3. The zero-order valence-electron chi connectivity index (χ0n) is 10.4. The summed E-state index contributed by atoms with van der Waals surface area (Å²) >= 11 is 5.68. The van der Waals surface area contributed by atoms with Crippen molar-refractivity contribution in [2.24, 2.45) is 0 Å². The van der Waals surface area contributed by atoms with Gasteiger partial charge in [0.2, 0.25) is 0 Å². The summed E-state index contributed by atoms with van der Waals surface area (Å²) < 4.78 is 43.7. The summed E-state index contributed by atoms with van der Waals surface area (Å²) in [4.78, 5) is 5.75. The first-order chi connectivity index (χ1) is 8.90. The molecule has 106 valence electrons. The number of rotatable bonds is 2. The fraction of sp³-hybridized carbons (Fsp3) is 0.583. The summed E-state index contributed by atoms with van der Waals surface area (Å²) in [5.41, 5.74) is -0.776. The molecule has 0 radical (unpaired) electrons. The van der Waals surface area contributed by atoms with E-state index in [9.17, 15) is 13.2 Å². The number of hydrogen-bond acceptors (Lipinski definition) is 3. The van der Waals surface area contributed by atoms with Crippen molar-refractivity contribution < 1.29 is 17.9 Å². The number of ether oxygens (including phenoxy) is 1. The predicted octanol–water partition coefficient (Wildman–Crippen LogP) is 3.37. The molecule has 0 amide bonds. The zero-order chi connectivity index (χ0) is 14.0. The molecular formula is C12H14ClF3N2O. The number of halogens is 4. The Labute approximate surface area is 114 Å². The lowest BCUT2D eigenvalue weighted by Gasteiger charge is -2.33. The maximum absolute atomic E-state index is 12.7. The Morgan fingerprint density at radius 3 is 2.84 bits per heavy atom. The van der Waals surface area contributed by atoms with Crippen LogP contribution in [0.3, 0.4) is 0 Å². The Kier molecular flexibility index (Phi) is 4.20. The minimum Gasteiger partial charge on any atom is -0.375 e. The molecule has 1 unspecified atom stereocenters. The van der Waals surface area contributed by atoms with Gasteiger partial charge in [0, 0.05) is 13.1 Å². The van der Waals surface area contributed by atoms with Crippen LogP contribution in [0.25, 0.3) is 0 Å². The van der Waals surface area contributed by atoms with E-state index in [1.54, 1.807) is 4.90 Å².